The number of hydrogen-bond acceptors (Lipinski definition) is 3. The van der Waals surface area contributed by atoms with Gasteiger partial charge in [0.2, 0.25) is 0 Å². The highest BCUT2D eigenvalue weighted by Crippen LogP contribution is 2.18. The first-order valence-corrected chi connectivity index (χ1v) is 2.98. The maximum Gasteiger partial charge on any atom is 0.151 e. The van der Waals surface area contributed by atoms with Gasteiger partial charge in [0.05, 0.1) is 0 Å². The molecule has 1 rings (SSSR count). The van der Waals surface area contributed by atoms with Crippen molar-refractivity contribution >= 4 is 18.2 Å². The van der Waals surface area contributed by atoms with Crippen LogP contribution in [-0.2, 0) is 0 Å². The van der Waals surface area contributed by atoms with Gasteiger partial charge in [-0.2, -0.15) is 0 Å². The van der Waals surface area contributed by atoms with Crippen LogP contribution in [0.3, 0.4) is 0 Å². The third-order valence-electron chi connectivity index (χ3n) is 1.19. The molecule has 0 aromatic carbocycles. The normalized spacial score (nSPS) is 8.90. The van der Waals surface area contributed by atoms with Crippen molar-refractivity contribution in [2.45, 2.75) is 0 Å². The van der Waals surface area contributed by atoms with E-state index >= 15 is 0 Å². The summed E-state index contributed by atoms with van der Waals surface area (Å²) in [5, 5.41) is 2.90. The summed E-state index contributed by atoms with van der Waals surface area (Å²) >= 11 is 0. The fraction of sp³-hybridized carbons (Fsp3) is 0.143. The Morgan fingerprint density at radius 1 is 1.70 bits per heavy atom. The van der Waals surface area contributed by atoms with Crippen LogP contribution in [0.1, 0.15) is 0 Å². The summed E-state index contributed by atoms with van der Waals surface area (Å²) in [5.41, 5.74) is 0.782. The second-order valence-electron chi connectivity index (χ2n) is 1.78. The van der Waals surface area contributed by atoms with Gasteiger partial charge < -0.3 is 5.32 Å². The first-order valence-electron chi connectivity index (χ1n) is 2.98. The molecule has 3 heteroatoms. The van der Waals surface area contributed by atoms with Gasteiger partial charge in [0, 0.05) is 13.2 Å². The fourth-order valence-corrected chi connectivity index (χ4v) is 0.717. The lowest BCUT2D eigenvalue weighted by Gasteiger charge is -1.99. The van der Waals surface area contributed by atoms with Gasteiger partial charge in [-0.15, -0.1) is 0 Å². The molecule has 1 aromatic rings. The molecule has 3 nitrogen and oxygen atoms in total. The Morgan fingerprint density at radius 3 is 3.00 bits per heavy atom. The summed E-state index contributed by atoms with van der Waals surface area (Å²) in [6.07, 6.45) is 1.71. The van der Waals surface area contributed by atoms with E-state index in [9.17, 15) is 0 Å². The number of aliphatic imine (C=N–C) groups is 1. The molecule has 1 N–H and O–H groups in total. The van der Waals surface area contributed by atoms with Crippen molar-refractivity contribution in [2.24, 2.45) is 4.99 Å². The summed E-state index contributed by atoms with van der Waals surface area (Å²) in [6, 6.07) is 3.68. The number of nitrogens with one attached hydrogen (secondary N) is 1. The van der Waals surface area contributed by atoms with Gasteiger partial charge in [-0.3, -0.25) is 4.99 Å². The molecular formula is C7H9N3. The summed E-state index contributed by atoms with van der Waals surface area (Å²) < 4.78 is 0. The molecule has 0 spiro atoms. The third kappa shape index (κ3) is 1.13. The van der Waals surface area contributed by atoms with E-state index in [0.717, 1.165) is 11.5 Å². The summed E-state index contributed by atoms with van der Waals surface area (Å²) in [7, 11) is 1.80. The first-order chi connectivity index (χ1) is 4.88. The average Bonchev–Trinajstić information content (AvgIpc) is 2.04. The molecule has 0 amide bonds. The minimum absolute atomic E-state index is 0.762. The highest BCUT2D eigenvalue weighted by Gasteiger charge is 1.94. The molecule has 0 aliphatic rings. The van der Waals surface area contributed by atoms with Gasteiger partial charge in [0.15, 0.2) is 5.82 Å². The Balaban J connectivity index is 3.08. The molecule has 0 fully saturated rings. The smallest absolute Gasteiger partial charge is 0.151 e. The minimum Gasteiger partial charge on any atom is -0.371 e. The van der Waals surface area contributed by atoms with Crippen LogP contribution in [0.4, 0.5) is 11.5 Å². The van der Waals surface area contributed by atoms with E-state index in [2.05, 4.69) is 22.0 Å². The second kappa shape index (κ2) is 2.96. The largest absolute Gasteiger partial charge is 0.371 e. The Morgan fingerprint density at radius 2 is 2.50 bits per heavy atom. The summed E-state index contributed by atoms with van der Waals surface area (Å²) in [4.78, 5) is 7.79. The predicted octanol–water partition coefficient (Wildman–Crippen LogP) is 1.46. The molecule has 52 valence electrons. The Hall–Kier alpha value is -1.38. The molecule has 0 saturated heterocycles. The molecule has 1 heterocycles. The molecule has 0 saturated carbocycles. The number of pyridine rings is 1. The predicted molar refractivity (Wildman–Crippen MR) is 43.0 cm³/mol. The zero-order valence-electron chi connectivity index (χ0n) is 5.83. The highest BCUT2D eigenvalue weighted by atomic mass is 15.0. The van der Waals surface area contributed by atoms with E-state index in [1.165, 1.54) is 0 Å². The molecular weight excluding hydrogens is 126 g/mol. The molecule has 0 bridgehead atoms. The van der Waals surface area contributed by atoms with Crippen molar-refractivity contribution in [3.05, 3.63) is 18.3 Å². The molecule has 0 aliphatic heterocycles. The van der Waals surface area contributed by atoms with Gasteiger partial charge in [-0.05, 0) is 18.9 Å². The lowest BCUT2D eigenvalue weighted by molar-refractivity contribution is 1.27. The van der Waals surface area contributed by atoms with E-state index < -0.39 is 0 Å². The highest BCUT2D eigenvalue weighted by molar-refractivity contribution is 5.62. The number of rotatable bonds is 2. The topological polar surface area (TPSA) is 37.3 Å². The van der Waals surface area contributed by atoms with Crippen LogP contribution in [0.15, 0.2) is 23.3 Å². The van der Waals surface area contributed by atoms with Crippen LogP contribution in [0, 0.1) is 0 Å². The SMILES string of the molecule is C=Nc1cccnc1NC. The van der Waals surface area contributed by atoms with Crippen molar-refractivity contribution in [3.8, 4) is 0 Å². The summed E-state index contributed by atoms with van der Waals surface area (Å²) in [5.74, 6) is 0.762. The lowest BCUT2D eigenvalue weighted by atomic mass is 10.4. The van der Waals surface area contributed by atoms with Crippen molar-refractivity contribution in [3.63, 3.8) is 0 Å². The van der Waals surface area contributed by atoms with E-state index in [1.54, 1.807) is 13.2 Å². The lowest BCUT2D eigenvalue weighted by Crippen LogP contribution is -1.90. The molecule has 0 unspecified atom stereocenters. The number of anilines is 1. The van der Waals surface area contributed by atoms with Gasteiger partial charge in [0.1, 0.15) is 5.69 Å². The van der Waals surface area contributed by atoms with Crippen LogP contribution in [-0.4, -0.2) is 18.7 Å². The van der Waals surface area contributed by atoms with Gasteiger partial charge >= 0.3 is 0 Å². The Labute approximate surface area is 59.8 Å². The van der Waals surface area contributed by atoms with E-state index in [4.69, 9.17) is 0 Å². The fourth-order valence-electron chi connectivity index (χ4n) is 0.717. The van der Waals surface area contributed by atoms with Crippen molar-refractivity contribution in [1.29, 1.82) is 0 Å². The molecule has 10 heavy (non-hydrogen) atoms. The maximum atomic E-state index is 4.02. The second-order valence-corrected chi connectivity index (χ2v) is 1.78. The monoisotopic (exact) mass is 135 g/mol. The van der Waals surface area contributed by atoms with Crippen LogP contribution in [0.25, 0.3) is 0 Å². The van der Waals surface area contributed by atoms with E-state index in [1.807, 2.05) is 12.1 Å². The Kier molecular flexibility index (Phi) is 1.99. The number of hydrogen-bond donors (Lipinski definition) is 1. The zero-order valence-corrected chi connectivity index (χ0v) is 5.83. The van der Waals surface area contributed by atoms with Crippen molar-refractivity contribution in [1.82, 2.24) is 4.98 Å². The number of nitrogens with zero attached hydrogens (tertiary/aromatic N) is 2. The van der Waals surface area contributed by atoms with Gasteiger partial charge in [-0.25, -0.2) is 4.98 Å². The standard InChI is InChI=1S/C7H9N3/c1-8-6-4-3-5-10-7(6)9-2/h3-5H,1H2,2H3,(H,9,10). The summed E-state index contributed by atoms with van der Waals surface area (Å²) in [6.45, 7) is 3.41. The van der Waals surface area contributed by atoms with Crippen LogP contribution < -0.4 is 5.32 Å². The zero-order chi connectivity index (χ0) is 7.40. The van der Waals surface area contributed by atoms with Crippen LogP contribution >= 0.6 is 0 Å². The molecule has 0 radical (unpaired) electrons. The molecule has 0 aliphatic carbocycles. The quantitative estimate of drug-likeness (QED) is 0.623. The van der Waals surface area contributed by atoms with Gasteiger partial charge in [0.25, 0.3) is 0 Å². The van der Waals surface area contributed by atoms with Crippen LogP contribution in [0.5, 0.6) is 0 Å². The van der Waals surface area contributed by atoms with E-state index in [-0.39, 0.29) is 0 Å². The van der Waals surface area contributed by atoms with E-state index in [0.29, 0.717) is 0 Å². The maximum absolute atomic E-state index is 4.02. The molecule has 0 atom stereocenters. The van der Waals surface area contributed by atoms with Crippen molar-refractivity contribution in [2.75, 3.05) is 12.4 Å². The van der Waals surface area contributed by atoms with Crippen molar-refractivity contribution < 1.29 is 0 Å². The van der Waals surface area contributed by atoms with Gasteiger partial charge in [-0.1, -0.05) is 0 Å². The average molecular weight is 135 g/mol. The third-order valence-corrected chi connectivity index (χ3v) is 1.19. The first kappa shape index (κ1) is 6.74. The minimum atomic E-state index is 0.762. The van der Waals surface area contributed by atoms with Crippen LogP contribution in [0.2, 0.25) is 0 Å². The molecule has 1 aromatic heterocycles. The Bertz CT molecular complexity index is 232. The number of aromatic nitrogens is 1.